The number of nitrogens with zero attached hydrogens (tertiary/aromatic N) is 1. The summed E-state index contributed by atoms with van der Waals surface area (Å²) in [5.74, 6) is 1.20. The van der Waals surface area contributed by atoms with Crippen LogP contribution in [0.5, 0.6) is 11.5 Å². The van der Waals surface area contributed by atoms with E-state index in [9.17, 15) is 4.79 Å². The smallest absolute Gasteiger partial charge is 0.263 e. The Morgan fingerprint density at radius 1 is 1.15 bits per heavy atom. The molecule has 0 aliphatic rings. The number of rotatable bonds is 11. The third-order valence-electron chi connectivity index (χ3n) is 4.03. The fraction of sp³-hybridized carbons (Fsp3) is 0.500. The number of thiazole rings is 1. The van der Waals surface area contributed by atoms with Crippen molar-refractivity contribution in [1.82, 2.24) is 10.3 Å². The average molecular weight is 393 g/mol. The molecule has 2 rings (SSSR count). The van der Waals surface area contributed by atoms with E-state index in [0.29, 0.717) is 29.5 Å². The SMILES string of the molecule is CCCCOCCCNC(=O)c1sc(-c2ccc(OC)c(OC)c2)nc1C. The van der Waals surface area contributed by atoms with Gasteiger partial charge in [-0.3, -0.25) is 4.79 Å². The summed E-state index contributed by atoms with van der Waals surface area (Å²) in [6.45, 7) is 6.03. The molecule has 0 saturated heterocycles. The van der Waals surface area contributed by atoms with Gasteiger partial charge in [0.1, 0.15) is 9.88 Å². The lowest BCUT2D eigenvalue weighted by atomic mass is 10.2. The van der Waals surface area contributed by atoms with Gasteiger partial charge in [0.25, 0.3) is 5.91 Å². The lowest BCUT2D eigenvalue weighted by Crippen LogP contribution is -2.25. The number of methoxy groups -OCH3 is 2. The van der Waals surface area contributed by atoms with E-state index in [1.807, 2.05) is 25.1 Å². The van der Waals surface area contributed by atoms with E-state index in [1.54, 1.807) is 14.2 Å². The van der Waals surface area contributed by atoms with Crippen molar-refractivity contribution in [2.45, 2.75) is 33.1 Å². The minimum absolute atomic E-state index is 0.0923. The topological polar surface area (TPSA) is 69.7 Å². The zero-order valence-corrected chi connectivity index (χ0v) is 17.3. The summed E-state index contributed by atoms with van der Waals surface area (Å²) in [4.78, 5) is 17.6. The first kappa shape index (κ1) is 21.2. The highest BCUT2D eigenvalue weighted by atomic mass is 32.1. The molecule has 1 amide bonds. The standard InChI is InChI=1S/C20H28N2O4S/c1-5-6-11-26-12-7-10-21-19(23)18-14(2)22-20(27-18)15-8-9-16(24-3)17(13-15)25-4/h8-9,13H,5-7,10-12H2,1-4H3,(H,21,23). The average Bonchev–Trinajstić information content (AvgIpc) is 3.08. The predicted molar refractivity (Wildman–Crippen MR) is 108 cm³/mol. The summed E-state index contributed by atoms with van der Waals surface area (Å²) in [5.41, 5.74) is 1.62. The normalized spacial score (nSPS) is 10.7. The molecule has 0 saturated carbocycles. The summed E-state index contributed by atoms with van der Waals surface area (Å²) in [7, 11) is 3.20. The Kier molecular flexibility index (Phi) is 8.54. The van der Waals surface area contributed by atoms with Gasteiger partial charge in [-0.2, -0.15) is 0 Å². The summed E-state index contributed by atoms with van der Waals surface area (Å²) in [6, 6.07) is 5.62. The number of carbonyl (C=O) groups excluding carboxylic acids is 1. The molecule has 0 atom stereocenters. The first-order valence-electron chi connectivity index (χ1n) is 9.16. The number of hydrogen-bond acceptors (Lipinski definition) is 6. The van der Waals surface area contributed by atoms with E-state index in [-0.39, 0.29) is 5.91 Å². The van der Waals surface area contributed by atoms with E-state index in [4.69, 9.17) is 14.2 Å². The van der Waals surface area contributed by atoms with Gasteiger partial charge in [0.05, 0.1) is 19.9 Å². The molecule has 1 heterocycles. The van der Waals surface area contributed by atoms with E-state index in [2.05, 4.69) is 17.2 Å². The Bertz CT molecular complexity index is 746. The lowest BCUT2D eigenvalue weighted by molar-refractivity contribution is 0.0943. The lowest BCUT2D eigenvalue weighted by Gasteiger charge is -2.08. The number of nitrogens with one attached hydrogen (secondary N) is 1. The van der Waals surface area contributed by atoms with Crippen LogP contribution >= 0.6 is 11.3 Å². The number of ether oxygens (including phenoxy) is 3. The Labute approximate surface area is 164 Å². The van der Waals surface area contributed by atoms with E-state index in [1.165, 1.54) is 11.3 Å². The van der Waals surface area contributed by atoms with Crippen molar-refractivity contribution in [2.24, 2.45) is 0 Å². The van der Waals surface area contributed by atoms with Gasteiger partial charge in [-0.05, 0) is 38.0 Å². The van der Waals surface area contributed by atoms with Gasteiger partial charge in [-0.1, -0.05) is 13.3 Å². The fourth-order valence-electron chi connectivity index (χ4n) is 2.50. The maximum absolute atomic E-state index is 12.4. The van der Waals surface area contributed by atoms with Crippen LogP contribution in [0.1, 0.15) is 41.6 Å². The molecular formula is C20H28N2O4S. The minimum atomic E-state index is -0.0923. The quantitative estimate of drug-likeness (QED) is 0.584. The highest BCUT2D eigenvalue weighted by Gasteiger charge is 2.17. The number of aryl methyl sites for hydroxylation is 1. The molecule has 27 heavy (non-hydrogen) atoms. The largest absolute Gasteiger partial charge is 0.493 e. The molecule has 2 aromatic rings. The van der Waals surface area contributed by atoms with Crippen molar-refractivity contribution >= 4 is 17.2 Å². The second-order valence-electron chi connectivity index (χ2n) is 6.08. The maximum Gasteiger partial charge on any atom is 0.263 e. The number of benzene rings is 1. The molecule has 6 nitrogen and oxygen atoms in total. The van der Waals surface area contributed by atoms with Crippen molar-refractivity contribution < 1.29 is 19.0 Å². The molecule has 0 fully saturated rings. The Morgan fingerprint density at radius 2 is 1.89 bits per heavy atom. The first-order chi connectivity index (χ1) is 13.1. The Morgan fingerprint density at radius 3 is 2.59 bits per heavy atom. The highest BCUT2D eigenvalue weighted by molar-refractivity contribution is 7.17. The number of hydrogen-bond donors (Lipinski definition) is 1. The molecule has 0 spiro atoms. The number of aromatic nitrogens is 1. The van der Waals surface area contributed by atoms with Crippen LogP contribution in [0.2, 0.25) is 0 Å². The Hall–Kier alpha value is -2.12. The zero-order valence-electron chi connectivity index (χ0n) is 16.5. The molecule has 1 aromatic carbocycles. The van der Waals surface area contributed by atoms with Crippen molar-refractivity contribution in [2.75, 3.05) is 34.0 Å². The molecule has 1 aromatic heterocycles. The Balaban J connectivity index is 1.96. The van der Waals surface area contributed by atoms with Crippen LogP contribution in [0.4, 0.5) is 0 Å². The molecule has 0 aliphatic carbocycles. The van der Waals surface area contributed by atoms with Gasteiger partial charge in [0.2, 0.25) is 0 Å². The van der Waals surface area contributed by atoms with Crippen LogP contribution in [-0.2, 0) is 4.74 Å². The summed E-state index contributed by atoms with van der Waals surface area (Å²) in [6.07, 6.45) is 3.00. The van der Waals surface area contributed by atoms with Crippen LogP contribution in [0.25, 0.3) is 10.6 Å². The van der Waals surface area contributed by atoms with Crippen molar-refractivity contribution in [1.29, 1.82) is 0 Å². The molecule has 148 valence electrons. The van der Waals surface area contributed by atoms with Crippen molar-refractivity contribution in [3.8, 4) is 22.1 Å². The van der Waals surface area contributed by atoms with Gasteiger partial charge in [0, 0.05) is 25.3 Å². The molecule has 0 aliphatic heterocycles. The van der Waals surface area contributed by atoms with E-state index < -0.39 is 0 Å². The van der Waals surface area contributed by atoms with Crippen LogP contribution in [0, 0.1) is 6.92 Å². The van der Waals surface area contributed by atoms with Gasteiger partial charge in [-0.15, -0.1) is 11.3 Å². The fourth-order valence-corrected chi connectivity index (χ4v) is 3.48. The maximum atomic E-state index is 12.4. The second-order valence-corrected chi connectivity index (χ2v) is 7.08. The molecule has 0 unspecified atom stereocenters. The van der Waals surface area contributed by atoms with E-state index >= 15 is 0 Å². The number of unbranched alkanes of at least 4 members (excludes halogenated alkanes) is 1. The minimum Gasteiger partial charge on any atom is -0.493 e. The number of carbonyl (C=O) groups is 1. The highest BCUT2D eigenvalue weighted by Crippen LogP contribution is 2.34. The summed E-state index contributed by atoms with van der Waals surface area (Å²) >= 11 is 1.38. The second kappa shape index (κ2) is 10.9. The number of amides is 1. The van der Waals surface area contributed by atoms with Crippen molar-refractivity contribution in [3.63, 3.8) is 0 Å². The summed E-state index contributed by atoms with van der Waals surface area (Å²) < 4.78 is 16.1. The van der Waals surface area contributed by atoms with Crippen molar-refractivity contribution in [3.05, 3.63) is 28.8 Å². The van der Waals surface area contributed by atoms with Crippen LogP contribution < -0.4 is 14.8 Å². The van der Waals surface area contributed by atoms with Crippen LogP contribution in [0.3, 0.4) is 0 Å². The molecule has 1 N–H and O–H groups in total. The van der Waals surface area contributed by atoms with Gasteiger partial charge >= 0.3 is 0 Å². The van der Waals surface area contributed by atoms with Gasteiger partial charge < -0.3 is 19.5 Å². The van der Waals surface area contributed by atoms with Gasteiger partial charge in [-0.25, -0.2) is 4.98 Å². The molecule has 0 radical (unpaired) electrons. The van der Waals surface area contributed by atoms with E-state index in [0.717, 1.165) is 42.1 Å². The van der Waals surface area contributed by atoms with Gasteiger partial charge in [0.15, 0.2) is 11.5 Å². The first-order valence-corrected chi connectivity index (χ1v) is 9.98. The molecule has 0 bridgehead atoms. The third kappa shape index (κ3) is 5.94. The molecular weight excluding hydrogens is 364 g/mol. The van der Waals surface area contributed by atoms with Crippen LogP contribution in [0.15, 0.2) is 18.2 Å². The molecule has 7 heteroatoms. The zero-order chi connectivity index (χ0) is 19.6. The third-order valence-corrected chi connectivity index (χ3v) is 5.23. The van der Waals surface area contributed by atoms with Crippen LogP contribution in [-0.4, -0.2) is 44.9 Å². The monoisotopic (exact) mass is 392 g/mol. The summed E-state index contributed by atoms with van der Waals surface area (Å²) in [5, 5.41) is 3.72. The predicted octanol–water partition coefficient (Wildman–Crippen LogP) is 4.07.